The summed E-state index contributed by atoms with van der Waals surface area (Å²) in [5, 5.41) is 8.93. The van der Waals surface area contributed by atoms with Crippen molar-refractivity contribution in [3.8, 4) is 11.5 Å². The minimum absolute atomic E-state index is 0.209. The van der Waals surface area contributed by atoms with Crippen LogP contribution in [0.15, 0.2) is 60.2 Å². The fourth-order valence-corrected chi connectivity index (χ4v) is 2.42. The number of rotatable bonds is 3. The van der Waals surface area contributed by atoms with Gasteiger partial charge in [0.1, 0.15) is 11.5 Å². The Bertz CT molecular complexity index is 768. The number of hydrogen-bond acceptors (Lipinski definition) is 3. The van der Waals surface area contributed by atoms with Crippen molar-refractivity contribution in [2.24, 2.45) is 0 Å². The molecular formula is C18H15NO4. The molecule has 5 nitrogen and oxygen atoms in total. The van der Waals surface area contributed by atoms with E-state index in [9.17, 15) is 9.59 Å². The lowest BCUT2D eigenvalue weighted by Crippen LogP contribution is -2.30. The van der Waals surface area contributed by atoms with Crippen LogP contribution >= 0.6 is 0 Å². The Morgan fingerprint density at radius 1 is 1.09 bits per heavy atom. The molecule has 0 aromatic heterocycles. The van der Waals surface area contributed by atoms with Gasteiger partial charge >= 0.3 is 6.09 Å². The van der Waals surface area contributed by atoms with Crippen LogP contribution in [0.2, 0.25) is 0 Å². The molecule has 1 aliphatic heterocycles. The second-order valence-electron chi connectivity index (χ2n) is 5.15. The maximum Gasteiger partial charge on any atom is 0.414 e. The molecule has 0 saturated carbocycles. The second-order valence-corrected chi connectivity index (χ2v) is 5.15. The highest BCUT2D eigenvalue weighted by molar-refractivity contribution is 6.06. The maximum absolute atomic E-state index is 12.0. The van der Waals surface area contributed by atoms with Gasteiger partial charge in [-0.05, 0) is 42.3 Å². The minimum atomic E-state index is -1.21. The van der Waals surface area contributed by atoms with Crippen molar-refractivity contribution in [3.05, 3.63) is 65.7 Å². The van der Waals surface area contributed by atoms with E-state index in [-0.39, 0.29) is 6.54 Å². The molecule has 116 valence electrons. The SMILES string of the molecule is O=C(O)N1CCC(=Cc2cccc(Oc3ccccc3)c2)C1=O. The van der Waals surface area contributed by atoms with Crippen molar-refractivity contribution in [2.75, 3.05) is 6.54 Å². The zero-order chi connectivity index (χ0) is 16.2. The number of carboxylic acid groups (broad SMARTS) is 1. The Morgan fingerprint density at radius 2 is 1.83 bits per heavy atom. The summed E-state index contributed by atoms with van der Waals surface area (Å²) in [4.78, 5) is 23.7. The Balaban J connectivity index is 1.79. The molecule has 2 aromatic carbocycles. The summed E-state index contributed by atoms with van der Waals surface area (Å²) >= 11 is 0. The first-order valence-corrected chi connectivity index (χ1v) is 7.22. The number of benzene rings is 2. The van der Waals surface area contributed by atoms with E-state index in [0.29, 0.717) is 17.7 Å². The summed E-state index contributed by atoms with van der Waals surface area (Å²) in [7, 11) is 0. The Kier molecular flexibility index (Phi) is 4.10. The second kappa shape index (κ2) is 6.36. The van der Waals surface area contributed by atoms with E-state index in [2.05, 4.69) is 0 Å². The van der Waals surface area contributed by atoms with Crippen molar-refractivity contribution >= 4 is 18.1 Å². The molecule has 1 N–H and O–H groups in total. The van der Waals surface area contributed by atoms with Crippen LogP contribution in [0.5, 0.6) is 11.5 Å². The summed E-state index contributed by atoms with van der Waals surface area (Å²) in [6, 6.07) is 16.7. The first-order chi connectivity index (χ1) is 11.1. The third-order valence-electron chi connectivity index (χ3n) is 3.53. The highest BCUT2D eigenvalue weighted by Crippen LogP contribution is 2.25. The van der Waals surface area contributed by atoms with Gasteiger partial charge in [-0.2, -0.15) is 0 Å². The standard InChI is InChI=1S/C18H15NO4/c20-17-14(9-10-19(17)18(21)22)11-13-5-4-8-16(12-13)23-15-6-2-1-3-7-15/h1-8,11-12H,9-10H2,(H,21,22). The largest absolute Gasteiger partial charge is 0.465 e. The predicted molar refractivity (Wildman–Crippen MR) is 85.3 cm³/mol. The number of likely N-dealkylation sites (tertiary alicyclic amines) is 1. The molecule has 3 rings (SSSR count). The van der Waals surface area contributed by atoms with Crippen molar-refractivity contribution in [1.29, 1.82) is 0 Å². The number of imide groups is 1. The first kappa shape index (κ1) is 14.8. The van der Waals surface area contributed by atoms with E-state index in [0.717, 1.165) is 16.2 Å². The zero-order valence-electron chi connectivity index (χ0n) is 12.3. The van der Waals surface area contributed by atoms with E-state index >= 15 is 0 Å². The average Bonchev–Trinajstić information content (AvgIpc) is 2.90. The van der Waals surface area contributed by atoms with E-state index in [1.165, 1.54) is 0 Å². The molecule has 2 amide bonds. The number of para-hydroxylation sites is 1. The minimum Gasteiger partial charge on any atom is -0.465 e. The van der Waals surface area contributed by atoms with Crippen molar-refractivity contribution in [1.82, 2.24) is 4.90 Å². The van der Waals surface area contributed by atoms with Gasteiger partial charge in [0.2, 0.25) is 0 Å². The summed E-state index contributed by atoms with van der Waals surface area (Å²) in [6.07, 6.45) is 0.928. The maximum atomic E-state index is 12.0. The molecule has 5 heteroatoms. The molecule has 0 aliphatic carbocycles. The van der Waals surface area contributed by atoms with Crippen LogP contribution in [0, 0.1) is 0 Å². The van der Waals surface area contributed by atoms with Gasteiger partial charge in [0.05, 0.1) is 0 Å². The molecule has 23 heavy (non-hydrogen) atoms. The van der Waals surface area contributed by atoms with E-state index in [1.807, 2.05) is 54.6 Å². The lowest BCUT2D eigenvalue weighted by molar-refractivity contribution is -0.122. The molecule has 0 bridgehead atoms. The van der Waals surface area contributed by atoms with Crippen molar-refractivity contribution in [3.63, 3.8) is 0 Å². The lowest BCUT2D eigenvalue weighted by Gasteiger charge is -2.07. The number of hydrogen-bond donors (Lipinski definition) is 1. The van der Waals surface area contributed by atoms with E-state index < -0.39 is 12.0 Å². The van der Waals surface area contributed by atoms with Gasteiger partial charge in [-0.3, -0.25) is 4.79 Å². The molecular weight excluding hydrogens is 294 g/mol. The Hall–Kier alpha value is -3.08. The molecule has 1 fully saturated rings. The Morgan fingerprint density at radius 3 is 2.52 bits per heavy atom. The summed E-state index contributed by atoms with van der Waals surface area (Å²) in [6.45, 7) is 0.209. The molecule has 1 saturated heterocycles. The molecule has 2 aromatic rings. The summed E-state index contributed by atoms with van der Waals surface area (Å²) in [5.41, 5.74) is 1.29. The van der Waals surface area contributed by atoms with E-state index in [1.54, 1.807) is 6.08 Å². The zero-order valence-corrected chi connectivity index (χ0v) is 12.3. The molecule has 0 radical (unpaired) electrons. The van der Waals surface area contributed by atoms with Crippen LogP contribution in [0.3, 0.4) is 0 Å². The van der Waals surface area contributed by atoms with Crippen LogP contribution in [-0.2, 0) is 4.79 Å². The van der Waals surface area contributed by atoms with Crippen LogP contribution in [0.4, 0.5) is 4.79 Å². The quantitative estimate of drug-likeness (QED) is 0.876. The smallest absolute Gasteiger partial charge is 0.414 e. The van der Waals surface area contributed by atoms with Crippen LogP contribution in [-0.4, -0.2) is 28.6 Å². The molecule has 1 aliphatic rings. The third-order valence-corrected chi connectivity index (χ3v) is 3.53. The van der Waals surface area contributed by atoms with Gasteiger partial charge in [0, 0.05) is 12.1 Å². The average molecular weight is 309 g/mol. The summed E-state index contributed by atoms with van der Waals surface area (Å²) < 4.78 is 5.75. The van der Waals surface area contributed by atoms with Gasteiger partial charge in [-0.25, -0.2) is 9.69 Å². The van der Waals surface area contributed by atoms with Crippen LogP contribution in [0.1, 0.15) is 12.0 Å². The van der Waals surface area contributed by atoms with Gasteiger partial charge < -0.3 is 9.84 Å². The van der Waals surface area contributed by atoms with Crippen molar-refractivity contribution in [2.45, 2.75) is 6.42 Å². The highest BCUT2D eigenvalue weighted by atomic mass is 16.5. The van der Waals surface area contributed by atoms with Gasteiger partial charge in [-0.1, -0.05) is 30.3 Å². The highest BCUT2D eigenvalue weighted by Gasteiger charge is 2.30. The van der Waals surface area contributed by atoms with Crippen LogP contribution in [0.25, 0.3) is 6.08 Å². The fourth-order valence-electron chi connectivity index (χ4n) is 2.42. The molecule has 0 unspecified atom stereocenters. The number of ether oxygens (including phenoxy) is 1. The number of nitrogens with zero attached hydrogens (tertiary/aromatic N) is 1. The predicted octanol–water partition coefficient (Wildman–Crippen LogP) is 3.77. The number of carbonyl (C=O) groups excluding carboxylic acids is 1. The fraction of sp³-hybridized carbons (Fsp3) is 0.111. The molecule has 0 spiro atoms. The Labute approximate surface area is 133 Å². The van der Waals surface area contributed by atoms with Gasteiger partial charge in [0.25, 0.3) is 5.91 Å². The summed E-state index contributed by atoms with van der Waals surface area (Å²) in [5.74, 6) is 0.935. The van der Waals surface area contributed by atoms with Crippen LogP contribution < -0.4 is 4.74 Å². The van der Waals surface area contributed by atoms with E-state index in [4.69, 9.17) is 9.84 Å². The lowest BCUT2D eigenvalue weighted by atomic mass is 10.1. The monoisotopic (exact) mass is 309 g/mol. The van der Waals surface area contributed by atoms with Crippen molar-refractivity contribution < 1.29 is 19.4 Å². The topological polar surface area (TPSA) is 66.8 Å². The normalized spacial score (nSPS) is 15.9. The number of amides is 2. The first-order valence-electron chi connectivity index (χ1n) is 7.22. The molecule has 1 heterocycles. The third kappa shape index (κ3) is 3.40. The van der Waals surface area contributed by atoms with Gasteiger partial charge in [0.15, 0.2) is 0 Å². The number of carbonyl (C=O) groups is 2. The molecule has 0 atom stereocenters. The van der Waals surface area contributed by atoms with Gasteiger partial charge in [-0.15, -0.1) is 0 Å².